The molecule has 0 amide bonds. The summed E-state index contributed by atoms with van der Waals surface area (Å²) < 4.78 is 16.9. The molecule has 81 heavy (non-hydrogen) atoms. The first-order valence-electron chi connectivity index (χ1n) is 33.3. The van der Waals surface area contributed by atoms with Gasteiger partial charge in [0.25, 0.3) is 0 Å². The Morgan fingerprint density at radius 1 is 0.259 bits per heavy atom. The number of carbonyl (C=O) groups excluding carboxylic acids is 3. The van der Waals surface area contributed by atoms with Gasteiger partial charge in [0, 0.05) is 19.3 Å². The highest BCUT2D eigenvalue weighted by Gasteiger charge is 2.19. The normalized spacial score (nSPS) is 13.1. The van der Waals surface area contributed by atoms with E-state index in [-0.39, 0.29) is 31.1 Å². The molecule has 6 nitrogen and oxygen atoms in total. The molecule has 0 aliphatic carbocycles. The first kappa shape index (κ1) is 76.3. The molecule has 0 saturated carbocycles. The highest BCUT2D eigenvalue weighted by atomic mass is 16.6. The maximum absolute atomic E-state index is 12.9. The van der Waals surface area contributed by atoms with Crippen LogP contribution in [0.4, 0.5) is 0 Å². The number of ether oxygens (including phenoxy) is 3. The predicted molar refractivity (Wildman–Crippen MR) is 352 cm³/mol. The van der Waals surface area contributed by atoms with Gasteiger partial charge in [0.2, 0.25) is 0 Å². The van der Waals surface area contributed by atoms with Gasteiger partial charge in [-0.2, -0.15) is 0 Å². The Bertz CT molecular complexity index is 1760. The molecule has 0 N–H and O–H groups in total. The average molecular weight is 1120 g/mol. The number of hydrogen-bond acceptors (Lipinski definition) is 6. The van der Waals surface area contributed by atoms with E-state index in [2.05, 4.69) is 167 Å². The van der Waals surface area contributed by atoms with E-state index >= 15 is 0 Å². The van der Waals surface area contributed by atoms with Crippen LogP contribution in [0.3, 0.4) is 0 Å². The van der Waals surface area contributed by atoms with Gasteiger partial charge in [0.15, 0.2) is 6.10 Å². The van der Waals surface area contributed by atoms with Crippen molar-refractivity contribution >= 4 is 17.9 Å². The first-order chi connectivity index (χ1) is 40.0. The summed E-state index contributed by atoms with van der Waals surface area (Å²) in [6.07, 6.45) is 97.0. The number of hydrogen-bond donors (Lipinski definition) is 0. The van der Waals surface area contributed by atoms with Crippen LogP contribution in [-0.2, 0) is 28.6 Å². The van der Waals surface area contributed by atoms with Gasteiger partial charge in [-0.25, -0.2) is 0 Å². The molecule has 0 aliphatic rings. The van der Waals surface area contributed by atoms with Crippen LogP contribution in [-0.4, -0.2) is 37.2 Å². The van der Waals surface area contributed by atoms with Crippen molar-refractivity contribution in [3.63, 3.8) is 0 Å². The second-order valence-corrected chi connectivity index (χ2v) is 21.6. The summed E-state index contributed by atoms with van der Waals surface area (Å²) in [5.74, 6) is -0.956. The molecular formula is C75H122O6. The molecule has 0 spiro atoms. The van der Waals surface area contributed by atoms with E-state index in [9.17, 15) is 14.4 Å². The Morgan fingerprint density at radius 3 is 0.790 bits per heavy atom. The highest BCUT2D eigenvalue weighted by molar-refractivity contribution is 5.71. The fourth-order valence-corrected chi connectivity index (χ4v) is 8.81. The molecule has 0 aromatic carbocycles. The number of carbonyl (C=O) groups is 3. The van der Waals surface area contributed by atoms with E-state index in [0.29, 0.717) is 19.3 Å². The van der Waals surface area contributed by atoms with Crippen molar-refractivity contribution in [3.8, 4) is 0 Å². The zero-order valence-electron chi connectivity index (χ0n) is 52.5. The van der Waals surface area contributed by atoms with Crippen LogP contribution < -0.4 is 0 Å². The fourth-order valence-electron chi connectivity index (χ4n) is 8.81. The molecule has 1 unspecified atom stereocenters. The smallest absolute Gasteiger partial charge is 0.306 e. The minimum atomic E-state index is -0.811. The van der Waals surface area contributed by atoms with E-state index in [1.165, 1.54) is 96.3 Å². The maximum atomic E-state index is 12.9. The number of esters is 3. The molecule has 0 fully saturated rings. The Kier molecular flexibility index (Phi) is 63.9. The minimum absolute atomic E-state index is 0.104. The van der Waals surface area contributed by atoms with Crippen LogP contribution in [0.2, 0.25) is 0 Å². The van der Waals surface area contributed by atoms with E-state index in [4.69, 9.17) is 14.2 Å². The van der Waals surface area contributed by atoms with E-state index in [1.54, 1.807) is 0 Å². The molecular weight excluding hydrogens is 997 g/mol. The third kappa shape index (κ3) is 66.0. The monoisotopic (exact) mass is 1120 g/mol. The minimum Gasteiger partial charge on any atom is -0.462 e. The van der Waals surface area contributed by atoms with Gasteiger partial charge in [-0.15, -0.1) is 0 Å². The third-order valence-electron chi connectivity index (χ3n) is 13.8. The SMILES string of the molecule is CC/C=C\C/C=C\C/C=C\C/C=C\C/C=C\C/C=C\C/C=C\CCCCCC(=O)OCC(COC(=O)CCCCCCC/C=C\C/C=C\CCCCC)OC(=O)CCCCCCCCCC/C=C\C/C=C\C/C=C\CCCCCCC. The number of allylic oxidation sites excluding steroid dienone is 24. The molecule has 1 atom stereocenters. The summed E-state index contributed by atoms with van der Waals surface area (Å²) in [4.78, 5) is 38.4. The Labute approximate surface area is 499 Å². The molecule has 0 saturated heterocycles. The van der Waals surface area contributed by atoms with Gasteiger partial charge < -0.3 is 14.2 Å². The van der Waals surface area contributed by atoms with Crippen molar-refractivity contribution in [1.29, 1.82) is 0 Å². The lowest BCUT2D eigenvalue weighted by Gasteiger charge is -2.18. The lowest BCUT2D eigenvalue weighted by Crippen LogP contribution is -2.30. The van der Waals surface area contributed by atoms with E-state index < -0.39 is 6.10 Å². The zero-order chi connectivity index (χ0) is 58.5. The Balaban J connectivity index is 4.48. The van der Waals surface area contributed by atoms with Crippen molar-refractivity contribution in [2.45, 2.75) is 297 Å². The molecule has 0 bridgehead atoms. The molecule has 458 valence electrons. The van der Waals surface area contributed by atoms with Gasteiger partial charge in [0.1, 0.15) is 13.2 Å². The third-order valence-corrected chi connectivity index (χ3v) is 13.8. The zero-order valence-corrected chi connectivity index (χ0v) is 52.5. The van der Waals surface area contributed by atoms with Crippen molar-refractivity contribution in [1.82, 2.24) is 0 Å². The summed E-state index contributed by atoms with van der Waals surface area (Å²) in [6, 6.07) is 0. The molecule has 6 heteroatoms. The topological polar surface area (TPSA) is 78.9 Å². The van der Waals surface area contributed by atoms with Crippen molar-refractivity contribution in [2.24, 2.45) is 0 Å². The number of rotatable bonds is 59. The average Bonchev–Trinajstić information content (AvgIpc) is 3.47. The fraction of sp³-hybridized carbons (Fsp3) is 0.640. The quantitative estimate of drug-likeness (QED) is 0.0261. The Hall–Kier alpha value is -4.71. The van der Waals surface area contributed by atoms with Gasteiger partial charge in [-0.1, -0.05) is 269 Å². The van der Waals surface area contributed by atoms with Crippen LogP contribution in [0.1, 0.15) is 290 Å². The molecule has 0 radical (unpaired) electrons. The summed E-state index contributed by atoms with van der Waals surface area (Å²) in [5, 5.41) is 0. The Morgan fingerprint density at radius 2 is 0.481 bits per heavy atom. The molecule has 0 aromatic heterocycles. The lowest BCUT2D eigenvalue weighted by atomic mass is 10.1. The summed E-state index contributed by atoms with van der Waals surface area (Å²) in [7, 11) is 0. The predicted octanol–water partition coefficient (Wildman–Crippen LogP) is 23.1. The lowest BCUT2D eigenvalue weighted by molar-refractivity contribution is -0.167. The second-order valence-electron chi connectivity index (χ2n) is 21.6. The number of unbranched alkanes of at least 4 members (excludes halogenated alkanes) is 24. The standard InChI is InChI=1S/C75H122O6/c1-4-7-10-13-16-19-22-25-28-30-32-34-36-37-39-40-42-44-47-50-53-56-59-62-65-68-74(77)80-71-72(70-79-73(76)67-64-61-58-55-52-49-46-27-24-21-18-15-12-9-6-3)81-75(78)69-66-63-60-57-54-51-48-45-43-41-38-35-33-31-29-26-23-20-17-14-11-8-5-2/h7,10,16,18-19,21,23,25-28,31-34,37-39,41-42,44,46,50,53,72H,4-6,8-9,11-15,17,20,22,24,29-30,35-36,40,43,45,47-49,51-52,54-71H2,1-3H3/b10-7-,19-16-,21-18-,26-23-,28-25-,33-31-,34-32-,39-37-,41-38-,44-42-,46-27-,53-50-. The molecule has 0 rings (SSSR count). The summed E-state index contributed by atoms with van der Waals surface area (Å²) in [6.45, 7) is 6.45. The van der Waals surface area contributed by atoms with Crippen LogP contribution in [0.5, 0.6) is 0 Å². The summed E-state index contributed by atoms with van der Waals surface area (Å²) in [5.41, 5.74) is 0. The van der Waals surface area contributed by atoms with Crippen molar-refractivity contribution < 1.29 is 28.6 Å². The largest absolute Gasteiger partial charge is 0.462 e. The van der Waals surface area contributed by atoms with Crippen LogP contribution in [0.15, 0.2) is 146 Å². The van der Waals surface area contributed by atoms with Gasteiger partial charge >= 0.3 is 17.9 Å². The van der Waals surface area contributed by atoms with Gasteiger partial charge in [-0.05, 0) is 148 Å². The molecule has 0 aliphatic heterocycles. The van der Waals surface area contributed by atoms with Crippen molar-refractivity contribution in [2.75, 3.05) is 13.2 Å². The van der Waals surface area contributed by atoms with E-state index in [0.717, 1.165) is 154 Å². The van der Waals surface area contributed by atoms with Crippen LogP contribution in [0.25, 0.3) is 0 Å². The maximum Gasteiger partial charge on any atom is 0.306 e. The van der Waals surface area contributed by atoms with Crippen molar-refractivity contribution in [3.05, 3.63) is 146 Å². The second kappa shape index (κ2) is 67.8. The van der Waals surface area contributed by atoms with Gasteiger partial charge in [-0.3, -0.25) is 14.4 Å². The first-order valence-corrected chi connectivity index (χ1v) is 33.3. The van der Waals surface area contributed by atoms with Crippen LogP contribution >= 0.6 is 0 Å². The van der Waals surface area contributed by atoms with Crippen LogP contribution in [0, 0.1) is 0 Å². The highest BCUT2D eigenvalue weighted by Crippen LogP contribution is 2.14. The summed E-state index contributed by atoms with van der Waals surface area (Å²) >= 11 is 0. The molecule has 0 aromatic rings. The molecule has 0 heterocycles. The van der Waals surface area contributed by atoms with Gasteiger partial charge in [0.05, 0.1) is 0 Å². The van der Waals surface area contributed by atoms with E-state index in [1.807, 2.05) is 0 Å².